The van der Waals surface area contributed by atoms with Crippen LogP contribution < -0.4 is 11.1 Å². The highest BCUT2D eigenvalue weighted by atomic mass is 79.9. The Bertz CT molecular complexity index is 638. The molecule has 0 saturated carbocycles. The number of aromatic hydroxyl groups is 1. The van der Waals surface area contributed by atoms with E-state index < -0.39 is 0 Å². The van der Waals surface area contributed by atoms with E-state index in [9.17, 15) is 5.11 Å². The minimum Gasteiger partial charge on any atom is -0.507 e. The average molecular weight is 372 g/mol. The lowest BCUT2D eigenvalue weighted by Gasteiger charge is -2.13. The molecular formula is C14H16BrClN4O. The maximum absolute atomic E-state index is 9.91. The molecule has 2 aromatic rings. The number of anilines is 1. The van der Waals surface area contributed by atoms with E-state index in [-0.39, 0.29) is 11.8 Å². The highest BCUT2D eigenvalue weighted by Crippen LogP contribution is 2.31. The average Bonchev–Trinajstić information content (AvgIpc) is 2.48. The Labute approximate surface area is 136 Å². The van der Waals surface area contributed by atoms with Gasteiger partial charge in [-0.1, -0.05) is 18.5 Å². The van der Waals surface area contributed by atoms with Crippen molar-refractivity contribution in [2.24, 2.45) is 5.73 Å². The van der Waals surface area contributed by atoms with Crippen molar-refractivity contribution in [2.75, 3.05) is 11.9 Å². The Morgan fingerprint density at radius 2 is 2.24 bits per heavy atom. The van der Waals surface area contributed by atoms with Gasteiger partial charge in [0.2, 0.25) is 0 Å². The molecule has 0 radical (unpaired) electrons. The van der Waals surface area contributed by atoms with E-state index in [0.717, 1.165) is 10.9 Å². The van der Waals surface area contributed by atoms with Crippen molar-refractivity contribution >= 4 is 33.3 Å². The van der Waals surface area contributed by atoms with E-state index >= 15 is 0 Å². The van der Waals surface area contributed by atoms with Crippen molar-refractivity contribution in [1.29, 1.82) is 0 Å². The van der Waals surface area contributed by atoms with Crippen molar-refractivity contribution < 1.29 is 5.11 Å². The van der Waals surface area contributed by atoms with Crippen LogP contribution in [-0.2, 0) is 0 Å². The molecule has 0 aliphatic heterocycles. The van der Waals surface area contributed by atoms with Crippen molar-refractivity contribution in [3.63, 3.8) is 0 Å². The quantitative estimate of drug-likeness (QED) is 0.750. The van der Waals surface area contributed by atoms with Gasteiger partial charge in [0.05, 0.1) is 10.0 Å². The van der Waals surface area contributed by atoms with Gasteiger partial charge in [-0.25, -0.2) is 9.97 Å². The summed E-state index contributed by atoms with van der Waals surface area (Å²) >= 11 is 9.34. The molecule has 0 aliphatic rings. The molecule has 0 spiro atoms. The van der Waals surface area contributed by atoms with Gasteiger partial charge < -0.3 is 16.2 Å². The first-order valence-corrected chi connectivity index (χ1v) is 7.69. The number of aromatic nitrogens is 2. The first kappa shape index (κ1) is 16.0. The van der Waals surface area contributed by atoms with Gasteiger partial charge in [0.15, 0.2) is 5.82 Å². The highest BCUT2D eigenvalue weighted by Gasteiger charge is 2.12. The van der Waals surface area contributed by atoms with Crippen LogP contribution in [0.25, 0.3) is 11.4 Å². The maximum Gasteiger partial charge on any atom is 0.165 e. The van der Waals surface area contributed by atoms with E-state index in [0.29, 0.717) is 28.8 Å². The number of nitrogens with zero attached hydrogens (tertiary/aromatic N) is 2. The van der Waals surface area contributed by atoms with Gasteiger partial charge in [-0.3, -0.25) is 0 Å². The number of nitrogens with one attached hydrogen (secondary N) is 1. The van der Waals surface area contributed by atoms with Crippen molar-refractivity contribution in [3.05, 3.63) is 33.9 Å². The molecule has 7 heteroatoms. The van der Waals surface area contributed by atoms with Crippen LogP contribution in [0.3, 0.4) is 0 Å². The number of nitrogens with two attached hydrogens (primary N) is 1. The van der Waals surface area contributed by atoms with E-state index in [1.807, 2.05) is 6.92 Å². The van der Waals surface area contributed by atoms with Crippen LogP contribution in [0.15, 0.2) is 28.9 Å². The van der Waals surface area contributed by atoms with Crippen LogP contribution in [0, 0.1) is 0 Å². The van der Waals surface area contributed by atoms with Crippen LogP contribution >= 0.6 is 27.5 Å². The summed E-state index contributed by atoms with van der Waals surface area (Å²) in [5.74, 6) is 1.10. The maximum atomic E-state index is 9.91. The van der Waals surface area contributed by atoms with Gasteiger partial charge in [0.25, 0.3) is 0 Å². The molecule has 0 amide bonds. The standard InChI is InChI=1S/C14H16BrClN4O/c1-2-9(17)6-18-14-11(15)7-19-13(20-14)10-5-8(16)3-4-12(10)21/h3-5,7,9,21H,2,6,17H2,1H3,(H,18,19,20). The van der Waals surface area contributed by atoms with Gasteiger partial charge in [-0.2, -0.15) is 0 Å². The summed E-state index contributed by atoms with van der Waals surface area (Å²) in [4.78, 5) is 8.62. The zero-order chi connectivity index (χ0) is 15.4. The van der Waals surface area contributed by atoms with E-state index in [1.54, 1.807) is 18.3 Å². The summed E-state index contributed by atoms with van der Waals surface area (Å²) in [5.41, 5.74) is 6.37. The third-order valence-electron chi connectivity index (χ3n) is 3.00. The zero-order valence-electron chi connectivity index (χ0n) is 11.5. The third-order valence-corrected chi connectivity index (χ3v) is 3.82. The Kier molecular flexibility index (Phi) is 5.39. The lowest BCUT2D eigenvalue weighted by atomic mass is 10.2. The Balaban J connectivity index is 2.31. The summed E-state index contributed by atoms with van der Waals surface area (Å²) in [5, 5.41) is 13.6. The molecule has 0 aliphatic carbocycles. The highest BCUT2D eigenvalue weighted by molar-refractivity contribution is 9.10. The number of hydrogen-bond acceptors (Lipinski definition) is 5. The van der Waals surface area contributed by atoms with Crippen molar-refractivity contribution in [1.82, 2.24) is 9.97 Å². The molecule has 21 heavy (non-hydrogen) atoms. The summed E-state index contributed by atoms with van der Waals surface area (Å²) in [6.07, 6.45) is 2.50. The predicted molar refractivity (Wildman–Crippen MR) is 88.6 cm³/mol. The second kappa shape index (κ2) is 7.06. The Hall–Kier alpha value is -1.37. The summed E-state index contributed by atoms with van der Waals surface area (Å²) in [6.45, 7) is 2.63. The number of phenolic OH excluding ortho intramolecular Hbond substituents is 1. The van der Waals surface area contributed by atoms with Crippen molar-refractivity contribution in [2.45, 2.75) is 19.4 Å². The van der Waals surface area contributed by atoms with Gasteiger partial charge in [-0.05, 0) is 40.5 Å². The molecule has 4 N–H and O–H groups in total. The molecule has 0 bridgehead atoms. The van der Waals surface area contributed by atoms with Crippen LogP contribution in [-0.4, -0.2) is 27.7 Å². The fourth-order valence-corrected chi connectivity index (χ4v) is 2.18. The SMILES string of the molecule is CCC(N)CNc1nc(-c2cc(Cl)ccc2O)ncc1Br. The second-order valence-corrected chi connectivity index (χ2v) is 5.89. The minimum absolute atomic E-state index is 0.0508. The fraction of sp³-hybridized carbons (Fsp3) is 0.286. The molecule has 1 aromatic heterocycles. The molecule has 5 nitrogen and oxygen atoms in total. The predicted octanol–water partition coefficient (Wildman–Crippen LogP) is 3.41. The third kappa shape index (κ3) is 4.06. The number of rotatable bonds is 5. The molecule has 2 rings (SSSR count). The molecule has 112 valence electrons. The molecule has 1 aromatic carbocycles. The zero-order valence-corrected chi connectivity index (χ0v) is 13.8. The molecular weight excluding hydrogens is 356 g/mol. The molecule has 1 unspecified atom stereocenters. The first-order valence-electron chi connectivity index (χ1n) is 6.52. The van der Waals surface area contributed by atoms with Crippen LogP contribution in [0.2, 0.25) is 5.02 Å². The summed E-state index contributed by atoms with van der Waals surface area (Å²) in [6, 6.07) is 4.80. The summed E-state index contributed by atoms with van der Waals surface area (Å²) < 4.78 is 0.732. The summed E-state index contributed by atoms with van der Waals surface area (Å²) in [7, 11) is 0. The van der Waals surface area contributed by atoms with Crippen molar-refractivity contribution in [3.8, 4) is 17.1 Å². The smallest absolute Gasteiger partial charge is 0.165 e. The number of hydrogen-bond donors (Lipinski definition) is 3. The topological polar surface area (TPSA) is 84.1 Å². The second-order valence-electron chi connectivity index (χ2n) is 4.60. The van der Waals surface area contributed by atoms with Gasteiger partial charge in [0, 0.05) is 23.8 Å². The molecule has 1 heterocycles. The minimum atomic E-state index is 0.0508. The van der Waals surface area contributed by atoms with Crippen LogP contribution in [0.4, 0.5) is 5.82 Å². The number of halogens is 2. The Morgan fingerprint density at radius 1 is 1.48 bits per heavy atom. The van der Waals surface area contributed by atoms with Crippen LogP contribution in [0.5, 0.6) is 5.75 Å². The van der Waals surface area contributed by atoms with Gasteiger partial charge in [-0.15, -0.1) is 0 Å². The number of phenols is 1. The normalized spacial score (nSPS) is 12.2. The molecule has 0 fully saturated rings. The first-order chi connectivity index (χ1) is 10.0. The lowest BCUT2D eigenvalue weighted by molar-refractivity contribution is 0.477. The van der Waals surface area contributed by atoms with E-state index in [4.69, 9.17) is 17.3 Å². The van der Waals surface area contributed by atoms with Gasteiger partial charge in [0.1, 0.15) is 11.6 Å². The molecule has 1 atom stereocenters. The van der Waals surface area contributed by atoms with Crippen LogP contribution in [0.1, 0.15) is 13.3 Å². The molecule has 0 saturated heterocycles. The monoisotopic (exact) mass is 370 g/mol. The lowest BCUT2D eigenvalue weighted by Crippen LogP contribution is -2.28. The van der Waals surface area contributed by atoms with E-state index in [1.165, 1.54) is 6.07 Å². The number of benzene rings is 1. The van der Waals surface area contributed by atoms with Gasteiger partial charge >= 0.3 is 0 Å². The van der Waals surface area contributed by atoms with E-state index in [2.05, 4.69) is 31.2 Å². The largest absolute Gasteiger partial charge is 0.507 e. The Morgan fingerprint density at radius 3 is 2.95 bits per heavy atom. The fourth-order valence-electron chi connectivity index (χ4n) is 1.68.